The van der Waals surface area contributed by atoms with Crippen molar-refractivity contribution in [2.75, 3.05) is 11.3 Å². The second-order valence-corrected chi connectivity index (χ2v) is 5.79. The number of para-hydroxylation sites is 2. The van der Waals surface area contributed by atoms with Crippen LogP contribution in [-0.2, 0) is 21.9 Å². The third-order valence-corrected chi connectivity index (χ3v) is 3.69. The number of aryl methyl sites for hydroxylation is 1. The molecular weight excluding hydrogens is 298 g/mol. The van der Waals surface area contributed by atoms with Gasteiger partial charge < -0.3 is 14.4 Å². The molecule has 21 heavy (non-hydrogen) atoms. The summed E-state index contributed by atoms with van der Waals surface area (Å²) in [5, 5.41) is 8.46. The number of imidazole rings is 1. The van der Waals surface area contributed by atoms with Gasteiger partial charge in [-0.3, -0.25) is 4.72 Å². The Balaban J connectivity index is 2.25. The van der Waals surface area contributed by atoms with Gasteiger partial charge in [-0.25, -0.2) is 9.78 Å². The molecule has 1 aromatic carbocycles. The van der Waals surface area contributed by atoms with Crippen molar-refractivity contribution >= 4 is 21.7 Å². The molecule has 0 aliphatic carbocycles. The average molecular weight is 311 g/mol. The molecule has 9 heteroatoms. The number of nitrogens with one attached hydrogen (secondary N) is 1. The maximum atomic E-state index is 12.1. The summed E-state index contributed by atoms with van der Waals surface area (Å²) in [6.45, 7) is -0.567. The van der Waals surface area contributed by atoms with E-state index in [0.29, 0.717) is 0 Å². The minimum atomic E-state index is -3.86. The first-order valence-corrected chi connectivity index (χ1v) is 7.31. The van der Waals surface area contributed by atoms with Crippen LogP contribution in [0.5, 0.6) is 5.75 Å². The van der Waals surface area contributed by atoms with E-state index in [1.165, 1.54) is 29.2 Å². The Labute approximate surface area is 121 Å². The summed E-state index contributed by atoms with van der Waals surface area (Å²) in [6.07, 6.45) is 2.71. The number of carbonyl (C=O) groups is 1. The zero-order valence-corrected chi connectivity index (χ0v) is 11.9. The number of hydrogen-bond donors (Lipinski definition) is 2. The van der Waals surface area contributed by atoms with E-state index in [9.17, 15) is 13.2 Å². The molecule has 2 rings (SSSR count). The predicted molar refractivity (Wildman–Crippen MR) is 73.6 cm³/mol. The summed E-state index contributed by atoms with van der Waals surface area (Å²) in [5.41, 5.74) is 0.143. The topological polar surface area (TPSA) is 111 Å². The SMILES string of the molecule is Cn1cnc(S(=O)(=O)Nc2ccccc2OCC(=O)O)c1. The van der Waals surface area contributed by atoms with E-state index < -0.39 is 22.6 Å². The van der Waals surface area contributed by atoms with E-state index in [1.807, 2.05) is 0 Å². The van der Waals surface area contributed by atoms with Crippen LogP contribution in [0.25, 0.3) is 0 Å². The monoisotopic (exact) mass is 311 g/mol. The van der Waals surface area contributed by atoms with Gasteiger partial charge in [0.25, 0.3) is 10.0 Å². The molecule has 1 aromatic heterocycles. The lowest BCUT2D eigenvalue weighted by Gasteiger charge is -2.11. The molecule has 0 bridgehead atoms. The number of benzene rings is 1. The molecule has 0 unspecified atom stereocenters. The van der Waals surface area contributed by atoms with Crippen molar-refractivity contribution < 1.29 is 23.1 Å². The summed E-state index contributed by atoms with van der Waals surface area (Å²) < 4.78 is 33.1. The van der Waals surface area contributed by atoms with Crippen LogP contribution >= 0.6 is 0 Å². The fourth-order valence-corrected chi connectivity index (χ4v) is 2.59. The number of nitrogens with zero attached hydrogens (tertiary/aromatic N) is 2. The van der Waals surface area contributed by atoms with Gasteiger partial charge in [-0.05, 0) is 12.1 Å². The van der Waals surface area contributed by atoms with Gasteiger partial charge in [-0.15, -0.1) is 0 Å². The predicted octanol–water partition coefficient (Wildman–Crippen LogP) is 0.684. The first-order valence-electron chi connectivity index (χ1n) is 5.83. The highest BCUT2D eigenvalue weighted by atomic mass is 32.2. The second kappa shape index (κ2) is 5.83. The summed E-state index contributed by atoms with van der Waals surface area (Å²) in [7, 11) is -2.21. The Morgan fingerprint density at radius 3 is 2.76 bits per heavy atom. The molecule has 0 spiro atoms. The normalized spacial score (nSPS) is 11.1. The molecule has 0 amide bonds. The molecule has 2 N–H and O–H groups in total. The van der Waals surface area contributed by atoms with Gasteiger partial charge in [-0.1, -0.05) is 12.1 Å². The number of aliphatic carboxylic acids is 1. The molecule has 8 nitrogen and oxygen atoms in total. The zero-order valence-electron chi connectivity index (χ0n) is 11.1. The third kappa shape index (κ3) is 3.72. The molecule has 0 saturated heterocycles. The largest absolute Gasteiger partial charge is 0.480 e. The van der Waals surface area contributed by atoms with Crippen LogP contribution in [0.3, 0.4) is 0 Å². The van der Waals surface area contributed by atoms with E-state index in [1.54, 1.807) is 19.2 Å². The minimum absolute atomic E-state index is 0.124. The molecular formula is C12H13N3O5S. The van der Waals surface area contributed by atoms with Crippen molar-refractivity contribution in [1.29, 1.82) is 0 Å². The van der Waals surface area contributed by atoms with E-state index in [2.05, 4.69) is 9.71 Å². The van der Waals surface area contributed by atoms with Gasteiger partial charge in [0, 0.05) is 13.2 Å². The Kier molecular flexibility index (Phi) is 4.13. The van der Waals surface area contributed by atoms with Gasteiger partial charge >= 0.3 is 5.97 Å². The number of carboxylic acids is 1. The Hall–Kier alpha value is -2.55. The zero-order chi connectivity index (χ0) is 15.5. The second-order valence-electron chi connectivity index (χ2n) is 4.16. The standard InChI is InChI=1S/C12H13N3O5S/c1-15-6-11(13-8-15)21(18,19)14-9-4-2-3-5-10(9)20-7-12(16)17/h2-6,8,14H,7H2,1H3,(H,16,17). The van der Waals surface area contributed by atoms with Crippen LogP contribution in [0.2, 0.25) is 0 Å². The smallest absolute Gasteiger partial charge is 0.341 e. The minimum Gasteiger partial charge on any atom is -0.480 e. The summed E-state index contributed by atoms with van der Waals surface area (Å²) in [4.78, 5) is 14.3. The number of hydrogen-bond acceptors (Lipinski definition) is 5. The highest BCUT2D eigenvalue weighted by Crippen LogP contribution is 2.26. The molecule has 112 valence electrons. The molecule has 0 atom stereocenters. The van der Waals surface area contributed by atoms with Gasteiger partial charge in [0.15, 0.2) is 11.6 Å². The van der Waals surface area contributed by atoms with Gasteiger partial charge in [0.05, 0.1) is 12.0 Å². The molecule has 0 aliphatic rings. The lowest BCUT2D eigenvalue weighted by Crippen LogP contribution is -2.15. The van der Waals surface area contributed by atoms with Crippen molar-refractivity contribution in [2.24, 2.45) is 7.05 Å². The van der Waals surface area contributed by atoms with E-state index in [-0.39, 0.29) is 16.5 Å². The first kappa shape index (κ1) is 14.9. The van der Waals surface area contributed by atoms with Crippen molar-refractivity contribution in [3.05, 3.63) is 36.8 Å². The summed E-state index contributed by atoms with van der Waals surface area (Å²) in [5.74, 6) is -1.03. The molecule has 2 aromatic rings. The Morgan fingerprint density at radius 1 is 1.43 bits per heavy atom. The molecule has 1 heterocycles. The highest BCUT2D eigenvalue weighted by molar-refractivity contribution is 7.92. The number of rotatable bonds is 6. The first-order chi connectivity index (χ1) is 9.88. The molecule has 0 radical (unpaired) electrons. The summed E-state index contributed by atoms with van der Waals surface area (Å²) in [6, 6.07) is 6.15. The molecule has 0 fully saturated rings. The number of ether oxygens (including phenoxy) is 1. The lowest BCUT2D eigenvalue weighted by molar-refractivity contribution is -0.139. The van der Waals surface area contributed by atoms with Crippen molar-refractivity contribution in [1.82, 2.24) is 9.55 Å². The number of carboxylic acid groups (broad SMARTS) is 1. The number of anilines is 1. The van der Waals surface area contributed by atoms with Gasteiger partial charge in [0.1, 0.15) is 5.75 Å². The van der Waals surface area contributed by atoms with Gasteiger partial charge in [-0.2, -0.15) is 8.42 Å². The Morgan fingerprint density at radius 2 is 2.14 bits per heavy atom. The number of sulfonamides is 1. The van der Waals surface area contributed by atoms with Crippen LogP contribution in [0, 0.1) is 0 Å². The van der Waals surface area contributed by atoms with Crippen LogP contribution in [0.4, 0.5) is 5.69 Å². The van der Waals surface area contributed by atoms with Crippen LogP contribution in [-0.4, -0.2) is 35.7 Å². The fourth-order valence-electron chi connectivity index (χ4n) is 1.54. The van der Waals surface area contributed by atoms with E-state index >= 15 is 0 Å². The quantitative estimate of drug-likeness (QED) is 0.812. The van der Waals surface area contributed by atoms with Crippen LogP contribution in [0.1, 0.15) is 0 Å². The van der Waals surface area contributed by atoms with Crippen molar-refractivity contribution in [3.8, 4) is 5.75 Å². The molecule has 0 aliphatic heterocycles. The van der Waals surface area contributed by atoms with E-state index in [4.69, 9.17) is 9.84 Å². The van der Waals surface area contributed by atoms with E-state index in [0.717, 1.165) is 0 Å². The van der Waals surface area contributed by atoms with Crippen LogP contribution in [0.15, 0.2) is 41.8 Å². The van der Waals surface area contributed by atoms with Crippen molar-refractivity contribution in [3.63, 3.8) is 0 Å². The number of aromatic nitrogens is 2. The Bertz CT molecular complexity index is 754. The fraction of sp³-hybridized carbons (Fsp3) is 0.167. The maximum Gasteiger partial charge on any atom is 0.341 e. The third-order valence-electron chi connectivity index (χ3n) is 2.44. The lowest BCUT2D eigenvalue weighted by atomic mass is 10.3. The van der Waals surface area contributed by atoms with Gasteiger partial charge in [0.2, 0.25) is 0 Å². The highest BCUT2D eigenvalue weighted by Gasteiger charge is 2.19. The van der Waals surface area contributed by atoms with Crippen molar-refractivity contribution in [2.45, 2.75) is 5.03 Å². The molecule has 0 saturated carbocycles. The average Bonchev–Trinajstić information content (AvgIpc) is 2.85. The maximum absolute atomic E-state index is 12.1. The summed E-state index contributed by atoms with van der Waals surface area (Å²) >= 11 is 0. The van der Waals surface area contributed by atoms with Crippen LogP contribution < -0.4 is 9.46 Å².